The summed E-state index contributed by atoms with van der Waals surface area (Å²) in [6.45, 7) is 2.85. The fourth-order valence-electron chi connectivity index (χ4n) is 2.58. The summed E-state index contributed by atoms with van der Waals surface area (Å²) in [6, 6.07) is 2.83. The molecule has 11 nitrogen and oxygen atoms in total. The molecule has 0 aliphatic rings. The fourth-order valence-corrected chi connectivity index (χ4v) is 2.58. The van der Waals surface area contributed by atoms with E-state index in [0.29, 0.717) is 4.57 Å². The predicted molar refractivity (Wildman–Crippen MR) is 98.8 cm³/mol. The zero-order valence-corrected chi connectivity index (χ0v) is 16.0. The van der Waals surface area contributed by atoms with E-state index in [1.807, 2.05) is 0 Å². The van der Waals surface area contributed by atoms with Crippen molar-refractivity contribution >= 4 is 29.0 Å². The molecule has 0 bridgehead atoms. The number of amides is 1. The number of nitrogens with one attached hydrogen (secondary N) is 1. The monoisotopic (exact) mass is 408 g/mol. The second-order valence-electron chi connectivity index (χ2n) is 6.54. The van der Waals surface area contributed by atoms with Gasteiger partial charge in [0.15, 0.2) is 11.3 Å². The van der Waals surface area contributed by atoms with Crippen LogP contribution in [0.25, 0.3) is 11.0 Å². The van der Waals surface area contributed by atoms with Crippen LogP contribution < -0.4 is 21.4 Å². The molecule has 0 saturated carbocycles. The molecule has 0 spiro atoms. The molecule has 0 radical (unpaired) electrons. The van der Waals surface area contributed by atoms with Crippen LogP contribution in [-0.4, -0.2) is 40.9 Å². The van der Waals surface area contributed by atoms with Crippen LogP contribution in [0, 0.1) is 5.92 Å². The lowest BCUT2D eigenvalue weighted by Gasteiger charge is -2.16. The summed E-state index contributed by atoms with van der Waals surface area (Å²) in [5.41, 5.74) is -1.15. The van der Waals surface area contributed by atoms with E-state index in [0.717, 1.165) is 7.11 Å². The van der Waals surface area contributed by atoms with Crippen molar-refractivity contribution in [2.45, 2.75) is 32.9 Å². The molecule has 2 rings (SSSR count). The zero-order chi connectivity index (χ0) is 21.7. The molecule has 2 N–H and O–H groups in total. The van der Waals surface area contributed by atoms with Gasteiger partial charge in [0, 0.05) is 0 Å². The third-order valence-corrected chi connectivity index (χ3v) is 3.87. The number of methoxy groups -OCH3 is 1. The third kappa shape index (κ3) is 5.21. The lowest BCUT2D eigenvalue weighted by molar-refractivity contribution is -0.142. The van der Waals surface area contributed by atoms with E-state index in [4.69, 9.17) is 9.15 Å². The van der Waals surface area contributed by atoms with Gasteiger partial charge in [0.1, 0.15) is 12.6 Å². The number of carbonyl (C=O) groups is 3. The standard InChI is InChI=1S/C18H20N2O9/c1-9(2)7-11(16(23)24)19-13(21)8-20-15(22)10-5-4-6-12(28-18(26)27-3)14(10)29-17(20)25/h4-6,9,11H,7-8H2,1-3H3,(H,19,21)(H,23,24)/t11-/m0/s1. The van der Waals surface area contributed by atoms with Crippen molar-refractivity contribution in [3.8, 4) is 5.75 Å². The van der Waals surface area contributed by atoms with Crippen molar-refractivity contribution in [1.29, 1.82) is 0 Å². The number of aromatic nitrogens is 1. The summed E-state index contributed by atoms with van der Waals surface area (Å²) >= 11 is 0. The van der Waals surface area contributed by atoms with Gasteiger partial charge < -0.3 is 24.3 Å². The minimum absolute atomic E-state index is 0.00177. The number of ether oxygens (including phenoxy) is 2. The summed E-state index contributed by atoms with van der Waals surface area (Å²) in [6.07, 6.45) is -0.898. The summed E-state index contributed by atoms with van der Waals surface area (Å²) in [5, 5.41) is 11.4. The Morgan fingerprint density at radius 1 is 1.24 bits per heavy atom. The smallest absolute Gasteiger partial charge is 0.480 e. The number of nitrogens with zero attached hydrogens (tertiary/aromatic N) is 1. The van der Waals surface area contributed by atoms with Gasteiger partial charge in [-0.3, -0.25) is 9.59 Å². The maximum atomic E-state index is 12.6. The highest BCUT2D eigenvalue weighted by Crippen LogP contribution is 2.22. The first-order chi connectivity index (χ1) is 13.6. The Kier molecular flexibility index (Phi) is 6.75. The van der Waals surface area contributed by atoms with Crippen LogP contribution in [-0.2, 0) is 20.9 Å². The lowest BCUT2D eigenvalue weighted by atomic mass is 10.0. The second-order valence-corrected chi connectivity index (χ2v) is 6.54. The predicted octanol–water partition coefficient (Wildman–Crippen LogP) is 0.715. The van der Waals surface area contributed by atoms with Gasteiger partial charge in [-0.05, 0) is 24.5 Å². The fraction of sp³-hybridized carbons (Fsp3) is 0.389. The van der Waals surface area contributed by atoms with Gasteiger partial charge >= 0.3 is 17.9 Å². The molecule has 156 valence electrons. The molecule has 2 aromatic rings. The number of carbonyl (C=O) groups excluding carboxylic acids is 2. The van der Waals surface area contributed by atoms with Crippen LogP contribution in [0.5, 0.6) is 5.75 Å². The van der Waals surface area contributed by atoms with Gasteiger partial charge in [-0.1, -0.05) is 19.9 Å². The Morgan fingerprint density at radius 3 is 2.52 bits per heavy atom. The Bertz CT molecular complexity index is 1050. The average molecular weight is 408 g/mol. The van der Waals surface area contributed by atoms with E-state index in [1.165, 1.54) is 18.2 Å². The van der Waals surface area contributed by atoms with E-state index in [9.17, 15) is 29.1 Å². The first-order valence-electron chi connectivity index (χ1n) is 8.58. The van der Waals surface area contributed by atoms with Gasteiger partial charge in [-0.2, -0.15) is 0 Å². The Morgan fingerprint density at radius 2 is 1.93 bits per heavy atom. The minimum Gasteiger partial charge on any atom is -0.480 e. The lowest BCUT2D eigenvalue weighted by Crippen LogP contribution is -2.46. The zero-order valence-electron chi connectivity index (χ0n) is 16.0. The van der Waals surface area contributed by atoms with Gasteiger partial charge in [0.25, 0.3) is 5.56 Å². The van der Waals surface area contributed by atoms with Crippen molar-refractivity contribution in [2.24, 2.45) is 5.92 Å². The van der Waals surface area contributed by atoms with Crippen LogP contribution >= 0.6 is 0 Å². The molecule has 1 amide bonds. The molecule has 0 aliphatic heterocycles. The highest BCUT2D eigenvalue weighted by atomic mass is 16.7. The SMILES string of the molecule is COC(=O)Oc1cccc2c(=O)n(CC(=O)N[C@@H](CC(C)C)C(=O)O)c(=O)oc12. The van der Waals surface area contributed by atoms with E-state index in [-0.39, 0.29) is 29.1 Å². The van der Waals surface area contributed by atoms with E-state index < -0.39 is 41.9 Å². The van der Waals surface area contributed by atoms with Crippen LogP contribution in [0.3, 0.4) is 0 Å². The van der Waals surface area contributed by atoms with Crippen LogP contribution in [0.4, 0.5) is 4.79 Å². The molecular weight excluding hydrogens is 388 g/mol. The largest absolute Gasteiger partial charge is 0.513 e. The summed E-state index contributed by atoms with van der Waals surface area (Å²) in [5.74, 6) is -3.45. The number of para-hydroxylation sites is 1. The molecule has 1 heterocycles. The van der Waals surface area contributed by atoms with Crippen molar-refractivity contribution in [3.05, 3.63) is 39.1 Å². The maximum absolute atomic E-state index is 12.6. The van der Waals surface area contributed by atoms with Crippen molar-refractivity contribution in [2.75, 3.05) is 7.11 Å². The number of hydrogen-bond donors (Lipinski definition) is 2. The molecule has 0 aliphatic carbocycles. The van der Waals surface area contributed by atoms with Gasteiger partial charge in [-0.15, -0.1) is 0 Å². The number of hydrogen-bond acceptors (Lipinski definition) is 8. The quantitative estimate of drug-likeness (QED) is 0.498. The van der Waals surface area contributed by atoms with Gasteiger partial charge in [-0.25, -0.2) is 19.0 Å². The number of rotatable bonds is 7. The molecule has 11 heteroatoms. The number of fused-ring (bicyclic) bond motifs is 1. The second kappa shape index (κ2) is 9.04. The van der Waals surface area contributed by atoms with Gasteiger partial charge in [0.2, 0.25) is 5.91 Å². The van der Waals surface area contributed by atoms with E-state index in [2.05, 4.69) is 10.1 Å². The normalized spacial score (nSPS) is 11.9. The first kappa shape index (κ1) is 21.7. The Balaban J connectivity index is 2.36. The van der Waals surface area contributed by atoms with E-state index in [1.54, 1.807) is 13.8 Å². The molecule has 0 unspecified atom stereocenters. The molecular formula is C18H20N2O9. The van der Waals surface area contributed by atoms with Gasteiger partial charge in [0.05, 0.1) is 12.5 Å². The molecule has 29 heavy (non-hydrogen) atoms. The highest BCUT2D eigenvalue weighted by Gasteiger charge is 2.23. The van der Waals surface area contributed by atoms with Crippen molar-refractivity contribution in [3.63, 3.8) is 0 Å². The number of benzene rings is 1. The number of aliphatic carboxylic acids is 1. The van der Waals surface area contributed by atoms with E-state index >= 15 is 0 Å². The molecule has 0 saturated heterocycles. The molecule has 0 fully saturated rings. The summed E-state index contributed by atoms with van der Waals surface area (Å²) in [7, 11) is 1.08. The average Bonchev–Trinajstić information content (AvgIpc) is 2.64. The van der Waals surface area contributed by atoms with Crippen LogP contribution in [0.15, 0.2) is 32.2 Å². The number of carboxylic acids is 1. The summed E-state index contributed by atoms with van der Waals surface area (Å²) < 4.78 is 14.8. The molecule has 1 atom stereocenters. The summed E-state index contributed by atoms with van der Waals surface area (Å²) in [4.78, 5) is 59.6. The highest BCUT2D eigenvalue weighted by molar-refractivity contribution is 5.85. The number of carboxylic acid groups (broad SMARTS) is 1. The Hall–Kier alpha value is -3.63. The third-order valence-electron chi connectivity index (χ3n) is 3.87. The minimum atomic E-state index is -1.23. The van der Waals surface area contributed by atoms with Crippen molar-refractivity contribution < 1.29 is 33.4 Å². The van der Waals surface area contributed by atoms with Crippen LogP contribution in [0.2, 0.25) is 0 Å². The van der Waals surface area contributed by atoms with Crippen molar-refractivity contribution in [1.82, 2.24) is 9.88 Å². The molecule has 1 aromatic heterocycles. The Labute approximate surface area is 163 Å². The first-order valence-corrected chi connectivity index (χ1v) is 8.58. The molecule has 1 aromatic carbocycles. The topological polar surface area (TPSA) is 154 Å². The maximum Gasteiger partial charge on any atom is 0.513 e. The van der Waals surface area contributed by atoms with Crippen LogP contribution in [0.1, 0.15) is 20.3 Å².